The quantitative estimate of drug-likeness (QED) is 0.855. The van der Waals surface area contributed by atoms with E-state index in [1.807, 2.05) is 6.92 Å². The molecule has 1 aromatic heterocycles. The average Bonchev–Trinajstić information content (AvgIpc) is 2.48. The third kappa shape index (κ3) is 3.57. The average molecular weight is 318 g/mol. The molecule has 0 atom stereocenters. The van der Waals surface area contributed by atoms with Crippen molar-refractivity contribution >= 4 is 0 Å². The van der Waals surface area contributed by atoms with Crippen LogP contribution in [0.3, 0.4) is 0 Å². The Balaban J connectivity index is 2.68. The molecule has 0 bridgehead atoms. The summed E-state index contributed by atoms with van der Waals surface area (Å²) in [5.74, 6) is -1.82. The highest BCUT2D eigenvalue weighted by Gasteiger charge is 2.19. The molecule has 23 heavy (non-hydrogen) atoms. The number of nitriles is 1. The van der Waals surface area contributed by atoms with E-state index in [1.54, 1.807) is 13.0 Å². The molecule has 0 fully saturated rings. The van der Waals surface area contributed by atoms with Crippen molar-refractivity contribution in [2.45, 2.75) is 26.7 Å². The third-order valence-corrected chi connectivity index (χ3v) is 3.32. The Hall–Kier alpha value is -2.68. The van der Waals surface area contributed by atoms with Crippen LogP contribution in [0.4, 0.5) is 8.78 Å². The van der Waals surface area contributed by atoms with Crippen molar-refractivity contribution in [2.75, 3.05) is 6.61 Å². The van der Waals surface area contributed by atoms with Gasteiger partial charge in [0.05, 0.1) is 6.61 Å². The highest BCUT2D eigenvalue weighted by Crippen LogP contribution is 2.35. The molecule has 0 aliphatic heterocycles. The number of nitrogens with one attached hydrogen (secondary N) is 1. The number of aryl methyl sites for hydroxylation is 1. The topological polar surface area (TPSA) is 65.9 Å². The fourth-order valence-corrected chi connectivity index (χ4v) is 2.24. The van der Waals surface area contributed by atoms with Crippen LogP contribution in [-0.2, 0) is 0 Å². The first-order chi connectivity index (χ1) is 11.0. The van der Waals surface area contributed by atoms with Crippen molar-refractivity contribution in [3.8, 4) is 22.9 Å². The molecule has 1 heterocycles. The van der Waals surface area contributed by atoms with Gasteiger partial charge in [-0.25, -0.2) is 8.78 Å². The summed E-state index contributed by atoms with van der Waals surface area (Å²) >= 11 is 0. The first kappa shape index (κ1) is 16.7. The lowest BCUT2D eigenvalue weighted by Gasteiger charge is -2.14. The molecular formula is C17H16F2N2O2. The molecule has 4 nitrogen and oxygen atoms in total. The van der Waals surface area contributed by atoms with E-state index in [4.69, 9.17) is 4.74 Å². The predicted octanol–water partition coefficient (Wildman–Crippen LogP) is 3.68. The van der Waals surface area contributed by atoms with E-state index in [9.17, 15) is 18.8 Å². The molecular weight excluding hydrogens is 302 g/mol. The summed E-state index contributed by atoms with van der Waals surface area (Å²) in [6, 6.07) is 5.07. The first-order valence-electron chi connectivity index (χ1n) is 7.24. The Labute approximate surface area is 132 Å². The second kappa shape index (κ2) is 7.05. The van der Waals surface area contributed by atoms with Gasteiger partial charge in [-0.1, -0.05) is 13.3 Å². The molecule has 0 radical (unpaired) electrons. The van der Waals surface area contributed by atoms with Gasteiger partial charge in [0, 0.05) is 22.9 Å². The highest BCUT2D eigenvalue weighted by molar-refractivity contribution is 5.76. The summed E-state index contributed by atoms with van der Waals surface area (Å²) in [6.45, 7) is 3.84. The molecule has 0 unspecified atom stereocenters. The minimum atomic E-state index is -0.863. The maximum absolute atomic E-state index is 14.1. The fourth-order valence-electron chi connectivity index (χ4n) is 2.24. The lowest BCUT2D eigenvalue weighted by atomic mass is 9.99. The normalized spacial score (nSPS) is 10.4. The Kier molecular flexibility index (Phi) is 5.12. The lowest BCUT2D eigenvalue weighted by molar-refractivity contribution is 0.294. The highest BCUT2D eigenvalue weighted by atomic mass is 19.1. The number of halogens is 2. The zero-order valence-corrected chi connectivity index (χ0v) is 12.9. The van der Waals surface area contributed by atoms with E-state index in [0.717, 1.165) is 18.6 Å². The fraction of sp³-hybridized carbons (Fsp3) is 0.294. The third-order valence-electron chi connectivity index (χ3n) is 3.32. The van der Waals surface area contributed by atoms with Crippen molar-refractivity contribution in [3.63, 3.8) is 0 Å². The maximum Gasteiger partial charge on any atom is 0.266 e. The number of aromatic nitrogens is 1. The molecule has 0 saturated heterocycles. The van der Waals surface area contributed by atoms with Crippen LogP contribution in [0.2, 0.25) is 0 Å². The summed E-state index contributed by atoms with van der Waals surface area (Å²) in [4.78, 5) is 14.4. The minimum absolute atomic E-state index is 0.0596. The lowest BCUT2D eigenvalue weighted by Crippen LogP contribution is -2.13. The maximum atomic E-state index is 14.1. The Morgan fingerprint density at radius 3 is 2.65 bits per heavy atom. The Bertz CT molecular complexity index is 823. The van der Waals surface area contributed by atoms with E-state index in [2.05, 4.69) is 4.98 Å². The van der Waals surface area contributed by atoms with Gasteiger partial charge in [0.1, 0.15) is 17.4 Å². The van der Waals surface area contributed by atoms with Crippen LogP contribution < -0.4 is 10.3 Å². The van der Waals surface area contributed by atoms with Gasteiger partial charge in [-0.2, -0.15) is 5.26 Å². The summed E-state index contributed by atoms with van der Waals surface area (Å²) in [6.07, 6.45) is 1.56. The largest absolute Gasteiger partial charge is 0.490 e. The van der Waals surface area contributed by atoms with E-state index in [0.29, 0.717) is 12.1 Å². The number of hydrogen-bond donors (Lipinski definition) is 1. The second-order valence-corrected chi connectivity index (χ2v) is 5.15. The number of aromatic amines is 1. The van der Waals surface area contributed by atoms with Crippen LogP contribution in [0.25, 0.3) is 11.1 Å². The number of pyridine rings is 1. The smallest absolute Gasteiger partial charge is 0.266 e. The summed E-state index contributed by atoms with van der Waals surface area (Å²) in [7, 11) is 0. The van der Waals surface area contributed by atoms with Crippen molar-refractivity contribution in [2.24, 2.45) is 0 Å². The first-order valence-corrected chi connectivity index (χ1v) is 7.24. The number of benzene rings is 1. The van der Waals surface area contributed by atoms with Gasteiger partial charge in [0.15, 0.2) is 11.6 Å². The van der Waals surface area contributed by atoms with Crippen LogP contribution in [0.1, 0.15) is 31.0 Å². The second-order valence-electron chi connectivity index (χ2n) is 5.15. The minimum Gasteiger partial charge on any atom is -0.490 e. The van der Waals surface area contributed by atoms with Crippen molar-refractivity contribution in [3.05, 3.63) is 51.4 Å². The Morgan fingerprint density at radius 2 is 2.00 bits per heavy atom. The molecule has 0 amide bonds. The molecule has 0 aliphatic carbocycles. The number of ether oxygens (including phenoxy) is 1. The molecule has 0 spiro atoms. The molecule has 120 valence electrons. The van der Waals surface area contributed by atoms with Crippen LogP contribution in [0.15, 0.2) is 23.0 Å². The molecule has 2 aromatic rings. The molecule has 0 aliphatic rings. The molecule has 1 N–H and O–H groups in total. The van der Waals surface area contributed by atoms with Crippen LogP contribution >= 0.6 is 0 Å². The Morgan fingerprint density at radius 1 is 1.26 bits per heavy atom. The van der Waals surface area contributed by atoms with Gasteiger partial charge in [-0.15, -0.1) is 0 Å². The van der Waals surface area contributed by atoms with Gasteiger partial charge < -0.3 is 9.72 Å². The SMILES string of the molecule is CCCCOc1c(F)cc(F)cc1-c1cc(C)[nH]c(=O)c1C#N. The summed E-state index contributed by atoms with van der Waals surface area (Å²) < 4.78 is 33.2. The molecule has 0 saturated carbocycles. The van der Waals surface area contributed by atoms with Gasteiger partial charge in [-0.05, 0) is 25.5 Å². The van der Waals surface area contributed by atoms with Gasteiger partial charge >= 0.3 is 0 Å². The summed E-state index contributed by atoms with van der Waals surface area (Å²) in [5, 5.41) is 9.20. The van der Waals surface area contributed by atoms with Gasteiger partial charge in [0.2, 0.25) is 0 Å². The van der Waals surface area contributed by atoms with E-state index in [-0.39, 0.29) is 29.0 Å². The summed E-state index contributed by atoms with van der Waals surface area (Å²) in [5.41, 5.74) is -0.121. The number of hydrogen-bond acceptors (Lipinski definition) is 3. The van der Waals surface area contributed by atoms with E-state index >= 15 is 0 Å². The number of rotatable bonds is 5. The number of nitrogens with zero attached hydrogens (tertiary/aromatic N) is 1. The molecule has 1 aromatic carbocycles. The van der Waals surface area contributed by atoms with Gasteiger partial charge in [0.25, 0.3) is 5.56 Å². The van der Waals surface area contributed by atoms with Crippen LogP contribution in [0, 0.1) is 29.9 Å². The van der Waals surface area contributed by atoms with Crippen LogP contribution in [0.5, 0.6) is 5.75 Å². The monoisotopic (exact) mass is 318 g/mol. The zero-order valence-electron chi connectivity index (χ0n) is 12.9. The standard InChI is InChI=1S/C17H16F2N2O2/c1-3-4-5-23-16-13(7-11(18)8-15(16)19)12-6-10(2)21-17(22)14(12)9-20/h6-8H,3-5H2,1-2H3,(H,21,22). The van der Waals surface area contributed by atoms with Gasteiger partial charge in [-0.3, -0.25) is 4.79 Å². The number of unbranched alkanes of at least 4 members (excludes halogenated alkanes) is 1. The van der Waals surface area contributed by atoms with E-state index in [1.165, 1.54) is 6.07 Å². The number of H-pyrrole nitrogens is 1. The van der Waals surface area contributed by atoms with E-state index < -0.39 is 17.2 Å². The van der Waals surface area contributed by atoms with Crippen LogP contribution in [-0.4, -0.2) is 11.6 Å². The van der Waals surface area contributed by atoms with Crippen molar-refractivity contribution in [1.29, 1.82) is 5.26 Å². The van der Waals surface area contributed by atoms with Crippen molar-refractivity contribution in [1.82, 2.24) is 4.98 Å². The zero-order chi connectivity index (χ0) is 17.0. The molecule has 2 rings (SSSR count). The molecule has 6 heteroatoms. The van der Waals surface area contributed by atoms with Crippen molar-refractivity contribution < 1.29 is 13.5 Å². The predicted molar refractivity (Wildman–Crippen MR) is 82.3 cm³/mol.